The summed E-state index contributed by atoms with van der Waals surface area (Å²) in [5, 5.41) is 17.0. The summed E-state index contributed by atoms with van der Waals surface area (Å²) in [5.74, 6) is -3.90. The topological polar surface area (TPSA) is 323 Å². The number of aliphatic carboxylic acids is 1. The number of nitrogens with two attached hydrogens (primary N) is 6. The van der Waals surface area contributed by atoms with Gasteiger partial charge in [0, 0.05) is 19.5 Å². The number of hydrogen-bond acceptors (Lipinski definition) is 9. The zero-order chi connectivity index (χ0) is 30.7. The number of carbonyl (C=O) groups excluding carboxylic acids is 4. The Balaban J connectivity index is 5.46. The highest BCUT2D eigenvalue weighted by molar-refractivity contribution is 7.98. The Morgan fingerprint density at radius 3 is 1.68 bits per heavy atom. The third-order valence-corrected chi connectivity index (χ3v) is 6.06. The SMILES string of the molecule is CSCCC(NC(=O)C(CCC(N)=O)NC(=O)C(N)CCCN=C(N)N)C(=O)NC(CCCN=C(N)N)C(=O)O. The zero-order valence-electron chi connectivity index (χ0n) is 22.6. The van der Waals surface area contributed by atoms with Gasteiger partial charge < -0.3 is 55.5 Å². The van der Waals surface area contributed by atoms with Gasteiger partial charge in [0.25, 0.3) is 0 Å². The van der Waals surface area contributed by atoms with Crippen LogP contribution in [0.5, 0.6) is 0 Å². The summed E-state index contributed by atoms with van der Waals surface area (Å²) in [6.45, 7) is 0.430. The van der Waals surface area contributed by atoms with Crippen LogP contribution < -0.4 is 50.4 Å². The van der Waals surface area contributed by atoms with Crippen molar-refractivity contribution in [3.05, 3.63) is 0 Å². The molecule has 0 aliphatic rings. The van der Waals surface area contributed by atoms with Crippen molar-refractivity contribution in [2.75, 3.05) is 25.1 Å². The summed E-state index contributed by atoms with van der Waals surface area (Å²) in [5.41, 5.74) is 32.2. The first-order chi connectivity index (χ1) is 18.8. The van der Waals surface area contributed by atoms with Gasteiger partial charge in [-0.05, 0) is 50.5 Å². The van der Waals surface area contributed by atoms with Crippen LogP contribution in [0.2, 0.25) is 0 Å². The highest BCUT2D eigenvalue weighted by Gasteiger charge is 2.30. The van der Waals surface area contributed by atoms with E-state index in [0.717, 1.165) is 0 Å². The predicted octanol–water partition coefficient (Wildman–Crippen LogP) is -4.02. The molecule has 0 spiro atoms. The molecule has 0 heterocycles. The smallest absolute Gasteiger partial charge is 0.326 e. The third kappa shape index (κ3) is 16.9. The van der Waals surface area contributed by atoms with Crippen molar-refractivity contribution in [1.29, 1.82) is 0 Å². The minimum atomic E-state index is -1.27. The van der Waals surface area contributed by atoms with Gasteiger partial charge >= 0.3 is 5.97 Å². The summed E-state index contributed by atoms with van der Waals surface area (Å²) < 4.78 is 0. The fraction of sp³-hybridized carbons (Fsp3) is 0.682. The van der Waals surface area contributed by atoms with Crippen molar-refractivity contribution in [2.45, 2.75) is 69.1 Å². The first-order valence-corrected chi connectivity index (χ1v) is 13.9. The largest absolute Gasteiger partial charge is 0.480 e. The van der Waals surface area contributed by atoms with E-state index < -0.39 is 53.8 Å². The zero-order valence-corrected chi connectivity index (χ0v) is 23.5. The van der Waals surface area contributed by atoms with Crippen LogP contribution >= 0.6 is 11.8 Å². The maximum absolute atomic E-state index is 13.1. The number of amides is 4. The Bertz CT molecular complexity index is 910. The van der Waals surface area contributed by atoms with E-state index in [1.807, 2.05) is 0 Å². The second-order valence-electron chi connectivity index (χ2n) is 8.81. The van der Waals surface area contributed by atoms with E-state index in [-0.39, 0.29) is 63.5 Å². The molecule has 228 valence electrons. The number of hydrogen-bond donors (Lipinski definition) is 10. The maximum atomic E-state index is 13.1. The van der Waals surface area contributed by atoms with Crippen molar-refractivity contribution in [3.8, 4) is 0 Å². The van der Waals surface area contributed by atoms with Gasteiger partial charge in [0.05, 0.1) is 6.04 Å². The molecule has 0 fully saturated rings. The summed E-state index contributed by atoms with van der Waals surface area (Å²) >= 11 is 1.41. The van der Waals surface area contributed by atoms with Crippen LogP contribution in [0.15, 0.2) is 9.98 Å². The van der Waals surface area contributed by atoms with Crippen LogP contribution in [-0.2, 0) is 24.0 Å². The summed E-state index contributed by atoms with van der Waals surface area (Å²) in [7, 11) is 0. The lowest BCUT2D eigenvalue weighted by Crippen LogP contribution is -2.57. The minimum absolute atomic E-state index is 0.0411. The fourth-order valence-electron chi connectivity index (χ4n) is 3.29. The summed E-state index contributed by atoms with van der Waals surface area (Å²) in [6.07, 6.45) is 2.53. The average Bonchev–Trinajstić information content (AvgIpc) is 2.87. The number of guanidine groups is 2. The van der Waals surface area contributed by atoms with Crippen LogP contribution in [-0.4, -0.2) is 95.9 Å². The van der Waals surface area contributed by atoms with Crippen LogP contribution in [0.4, 0.5) is 0 Å². The Hall–Kier alpha value is -3.80. The molecular formula is C22H43N11O6S. The Morgan fingerprint density at radius 1 is 0.725 bits per heavy atom. The van der Waals surface area contributed by atoms with Gasteiger partial charge in [0.2, 0.25) is 23.6 Å². The molecule has 0 saturated heterocycles. The van der Waals surface area contributed by atoms with Gasteiger partial charge in [0.15, 0.2) is 11.9 Å². The molecule has 4 atom stereocenters. The number of rotatable bonds is 21. The molecule has 0 rings (SSSR count). The van der Waals surface area contributed by atoms with Gasteiger partial charge in [0.1, 0.15) is 18.1 Å². The van der Waals surface area contributed by atoms with E-state index in [9.17, 15) is 29.1 Å². The number of thioether (sulfide) groups is 1. The average molecular weight is 590 g/mol. The Kier molecular flexibility index (Phi) is 18.2. The number of nitrogens with zero attached hydrogens (tertiary/aromatic N) is 2. The molecule has 18 heteroatoms. The monoisotopic (exact) mass is 589 g/mol. The van der Waals surface area contributed by atoms with E-state index in [4.69, 9.17) is 34.4 Å². The van der Waals surface area contributed by atoms with Crippen LogP contribution in [0, 0.1) is 0 Å². The molecule has 0 aromatic heterocycles. The number of nitrogens with one attached hydrogen (secondary N) is 3. The first-order valence-electron chi connectivity index (χ1n) is 12.6. The van der Waals surface area contributed by atoms with Crippen LogP contribution in [0.3, 0.4) is 0 Å². The van der Waals surface area contributed by atoms with Gasteiger partial charge in [-0.3, -0.25) is 29.2 Å². The van der Waals surface area contributed by atoms with E-state index in [0.29, 0.717) is 12.2 Å². The standard InChI is InChI=1S/C22H43N11O6S/c1-40-11-8-14(19(37)33-15(20(38)39)5-3-10-30-22(27)28)32-18(36)13(6-7-16(24)34)31-17(35)12(23)4-2-9-29-21(25)26/h12-15H,2-11,23H2,1H3,(H2,24,34)(H,31,35)(H,32,36)(H,33,37)(H,38,39)(H4,25,26,29)(H4,27,28,30). The van der Waals surface area contributed by atoms with E-state index in [1.54, 1.807) is 6.26 Å². The maximum Gasteiger partial charge on any atom is 0.326 e. The van der Waals surface area contributed by atoms with Gasteiger partial charge in [-0.25, -0.2) is 4.79 Å². The Labute approximate surface area is 237 Å². The molecule has 0 bridgehead atoms. The molecule has 17 nitrogen and oxygen atoms in total. The molecular weight excluding hydrogens is 546 g/mol. The second-order valence-corrected chi connectivity index (χ2v) is 9.80. The van der Waals surface area contributed by atoms with Crippen molar-refractivity contribution >= 4 is 53.3 Å². The molecule has 4 unspecified atom stereocenters. The van der Waals surface area contributed by atoms with E-state index in [2.05, 4.69) is 25.9 Å². The molecule has 40 heavy (non-hydrogen) atoms. The molecule has 0 aromatic rings. The normalized spacial score (nSPS) is 13.6. The van der Waals surface area contributed by atoms with Crippen LogP contribution in [0.1, 0.15) is 44.9 Å². The predicted molar refractivity (Wildman–Crippen MR) is 153 cm³/mol. The van der Waals surface area contributed by atoms with Crippen molar-refractivity contribution in [1.82, 2.24) is 16.0 Å². The molecule has 0 radical (unpaired) electrons. The number of carboxylic acid groups (broad SMARTS) is 1. The number of carbonyl (C=O) groups is 5. The third-order valence-electron chi connectivity index (χ3n) is 5.42. The summed E-state index contributed by atoms with van der Waals surface area (Å²) in [6, 6.07) is -4.61. The fourth-order valence-corrected chi connectivity index (χ4v) is 3.77. The quantitative estimate of drug-likeness (QED) is 0.0347. The molecule has 0 saturated carbocycles. The van der Waals surface area contributed by atoms with Crippen molar-refractivity contribution < 1.29 is 29.1 Å². The lowest BCUT2D eigenvalue weighted by molar-refractivity contribution is -0.142. The van der Waals surface area contributed by atoms with Gasteiger partial charge in [-0.15, -0.1) is 0 Å². The second kappa shape index (κ2) is 20.2. The first kappa shape index (κ1) is 36.2. The number of primary amides is 1. The molecule has 0 aliphatic heterocycles. The molecule has 0 aromatic carbocycles. The molecule has 4 amide bonds. The lowest BCUT2D eigenvalue weighted by Gasteiger charge is -2.25. The number of aliphatic imine (C=N–C) groups is 2. The van der Waals surface area contributed by atoms with Crippen molar-refractivity contribution in [3.63, 3.8) is 0 Å². The van der Waals surface area contributed by atoms with E-state index >= 15 is 0 Å². The number of carboxylic acids is 1. The van der Waals surface area contributed by atoms with Crippen molar-refractivity contribution in [2.24, 2.45) is 44.4 Å². The summed E-state index contributed by atoms with van der Waals surface area (Å²) in [4.78, 5) is 69.3. The Morgan fingerprint density at radius 2 is 1.20 bits per heavy atom. The molecule has 16 N–H and O–H groups in total. The lowest BCUT2D eigenvalue weighted by atomic mass is 10.1. The highest BCUT2D eigenvalue weighted by Crippen LogP contribution is 2.07. The van der Waals surface area contributed by atoms with Gasteiger partial charge in [-0.2, -0.15) is 11.8 Å². The van der Waals surface area contributed by atoms with Gasteiger partial charge in [-0.1, -0.05) is 0 Å². The minimum Gasteiger partial charge on any atom is -0.480 e. The highest BCUT2D eigenvalue weighted by atomic mass is 32.2. The van der Waals surface area contributed by atoms with E-state index in [1.165, 1.54) is 11.8 Å². The van der Waals surface area contributed by atoms with Crippen LogP contribution in [0.25, 0.3) is 0 Å². The molecule has 0 aliphatic carbocycles.